The Labute approximate surface area is 214 Å². The first kappa shape index (κ1) is 27.9. The van der Waals surface area contributed by atoms with Gasteiger partial charge >= 0.3 is 12.4 Å². The van der Waals surface area contributed by atoms with Gasteiger partial charge in [-0.15, -0.1) is 0 Å². The Morgan fingerprint density at radius 1 is 0.974 bits per heavy atom. The number of carbonyl (C=O) groups is 2. The number of piperidine rings is 1. The highest BCUT2D eigenvalue weighted by Gasteiger charge is 2.53. The molecule has 2 atom stereocenters. The average molecular weight is 545 g/mol. The molecule has 5 nitrogen and oxygen atoms in total. The lowest BCUT2D eigenvalue weighted by Gasteiger charge is -2.28. The number of nitrogens with one attached hydrogen (secondary N) is 3. The van der Waals surface area contributed by atoms with Crippen LogP contribution in [-0.2, 0) is 33.8 Å². The van der Waals surface area contributed by atoms with Gasteiger partial charge in [0, 0.05) is 24.6 Å². The lowest BCUT2D eigenvalue weighted by atomic mass is 9.92. The number of hydrogen-bond donors (Lipinski definition) is 3. The van der Waals surface area contributed by atoms with Crippen molar-refractivity contribution in [1.29, 1.82) is 0 Å². The van der Waals surface area contributed by atoms with Crippen LogP contribution < -0.4 is 16.0 Å². The van der Waals surface area contributed by atoms with E-state index in [0.29, 0.717) is 30.7 Å². The SMILES string of the molecule is O=C(N[C@@H]1CCCNC1)[C@H](Cc1ccc(C(F)(F)F)cc1)NC(=O)C1(c2ccc(C(F)(F)F)cc2F)CC1. The Bertz CT molecular complexity index is 1170. The average Bonchev–Trinajstić information content (AvgIpc) is 3.65. The van der Waals surface area contributed by atoms with Gasteiger partial charge in [0.2, 0.25) is 11.8 Å². The van der Waals surface area contributed by atoms with Gasteiger partial charge in [-0.2, -0.15) is 26.3 Å². The molecule has 2 amide bonds. The number of carbonyl (C=O) groups excluding carboxylic acids is 2. The molecule has 0 spiro atoms. The second-order valence-corrected chi connectivity index (χ2v) is 9.75. The van der Waals surface area contributed by atoms with Crippen molar-refractivity contribution in [3.05, 3.63) is 70.5 Å². The zero-order valence-electron chi connectivity index (χ0n) is 20.1. The van der Waals surface area contributed by atoms with Crippen LogP contribution >= 0.6 is 0 Å². The summed E-state index contributed by atoms with van der Waals surface area (Å²) in [6, 6.07) is 4.72. The van der Waals surface area contributed by atoms with E-state index in [1.807, 2.05) is 0 Å². The summed E-state index contributed by atoms with van der Waals surface area (Å²) in [5.74, 6) is -2.47. The standard InChI is InChI=1S/C26H26F7N3O2/c27-20-13-17(26(31,32)33)7-8-19(20)24(9-10-24)23(38)36-21(22(37)35-18-2-1-11-34-14-18)12-15-3-5-16(6-4-15)25(28,29)30/h3-8,13,18,21,34H,1-2,9-12,14H2,(H,35,37)(H,36,38)/t18-,21+/m1/s1. The Kier molecular flexibility index (Phi) is 7.74. The minimum Gasteiger partial charge on any atom is -0.350 e. The van der Waals surface area contributed by atoms with E-state index in [2.05, 4.69) is 16.0 Å². The van der Waals surface area contributed by atoms with Crippen LogP contribution in [-0.4, -0.2) is 37.0 Å². The van der Waals surface area contributed by atoms with Crippen molar-refractivity contribution < 1.29 is 40.3 Å². The van der Waals surface area contributed by atoms with Crippen molar-refractivity contribution in [1.82, 2.24) is 16.0 Å². The van der Waals surface area contributed by atoms with Crippen molar-refractivity contribution in [2.24, 2.45) is 0 Å². The van der Waals surface area contributed by atoms with E-state index in [1.165, 1.54) is 12.1 Å². The van der Waals surface area contributed by atoms with Crippen LogP contribution in [0.2, 0.25) is 0 Å². The molecule has 12 heteroatoms. The van der Waals surface area contributed by atoms with Crippen LogP contribution in [0.25, 0.3) is 0 Å². The minimum absolute atomic E-state index is 0.137. The van der Waals surface area contributed by atoms with E-state index >= 15 is 0 Å². The smallest absolute Gasteiger partial charge is 0.350 e. The maximum Gasteiger partial charge on any atom is 0.416 e. The van der Waals surface area contributed by atoms with E-state index in [1.54, 1.807) is 0 Å². The number of alkyl halides is 6. The van der Waals surface area contributed by atoms with Gasteiger partial charge in [-0.3, -0.25) is 9.59 Å². The van der Waals surface area contributed by atoms with Gasteiger partial charge in [-0.05, 0) is 62.1 Å². The summed E-state index contributed by atoms with van der Waals surface area (Å²) in [5, 5.41) is 8.56. The molecule has 0 radical (unpaired) electrons. The molecule has 206 valence electrons. The van der Waals surface area contributed by atoms with Gasteiger partial charge in [-0.1, -0.05) is 18.2 Å². The lowest BCUT2D eigenvalue weighted by molar-refractivity contribution is -0.138. The zero-order chi connectivity index (χ0) is 27.7. The fourth-order valence-electron chi connectivity index (χ4n) is 4.67. The highest BCUT2D eigenvalue weighted by atomic mass is 19.4. The second-order valence-electron chi connectivity index (χ2n) is 9.75. The van der Waals surface area contributed by atoms with E-state index < -0.39 is 52.6 Å². The molecule has 2 aromatic rings. The van der Waals surface area contributed by atoms with Crippen LogP contribution in [0, 0.1) is 5.82 Å². The molecule has 1 aliphatic carbocycles. The van der Waals surface area contributed by atoms with E-state index in [-0.39, 0.29) is 30.9 Å². The molecular formula is C26H26F7N3O2. The third-order valence-corrected chi connectivity index (χ3v) is 6.98. The van der Waals surface area contributed by atoms with Gasteiger partial charge in [0.25, 0.3) is 0 Å². The highest BCUT2D eigenvalue weighted by molar-refractivity contribution is 5.95. The first-order chi connectivity index (χ1) is 17.8. The Balaban J connectivity index is 1.55. The van der Waals surface area contributed by atoms with Gasteiger partial charge in [-0.25, -0.2) is 4.39 Å². The summed E-state index contributed by atoms with van der Waals surface area (Å²) in [4.78, 5) is 26.5. The highest BCUT2D eigenvalue weighted by Crippen LogP contribution is 2.50. The summed E-state index contributed by atoms with van der Waals surface area (Å²) >= 11 is 0. The van der Waals surface area contributed by atoms with Crippen LogP contribution in [0.3, 0.4) is 0 Å². The maximum absolute atomic E-state index is 14.7. The number of halogens is 7. The Morgan fingerprint density at radius 2 is 1.61 bits per heavy atom. The summed E-state index contributed by atoms with van der Waals surface area (Å²) < 4.78 is 92.4. The molecular weight excluding hydrogens is 519 g/mol. The Hall–Kier alpha value is -3.15. The van der Waals surface area contributed by atoms with E-state index in [4.69, 9.17) is 0 Å². The molecule has 1 heterocycles. The van der Waals surface area contributed by atoms with Gasteiger partial charge in [0.1, 0.15) is 11.9 Å². The fraction of sp³-hybridized carbons (Fsp3) is 0.462. The molecule has 3 N–H and O–H groups in total. The molecule has 38 heavy (non-hydrogen) atoms. The van der Waals surface area contributed by atoms with E-state index in [0.717, 1.165) is 31.2 Å². The summed E-state index contributed by atoms with van der Waals surface area (Å²) in [5.41, 5.74) is -3.33. The summed E-state index contributed by atoms with van der Waals surface area (Å²) in [6.45, 7) is 1.30. The molecule has 1 aliphatic heterocycles. The quantitative estimate of drug-likeness (QED) is 0.450. The number of rotatable bonds is 7. The zero-order valence-corrected chi connectivity index (χ0v) is 20.1. The molecule has 2 aromatic carbocycles. The van der Waals surface area contributed by atoms with Crippen molar-refractivity contribution in [3.63, 3.8) is 0 Å². The minimum atomic E-state index is -4.75. The first-order valence-corrected chi connectivity index (χ1v) is 12.1. The maximum atomic E-state index is 14.7. The van der Waals surface area contributed by atoms with Crippen molar-refractivity contribution in [2.75, 3.05) is 13.1 Å². The third-order valence-electron chi connectivity index (χ3n) is 6.98. The molecule has 0 unspecified atom stereocenters. The third kappa shape index (κ3) is 6.28. The van der Waals surface area contributed by atoms with Crippen molar-refractivity contribution >= 4 is 11.8 Å². The molecule has 1 saturated heterocycles. The van der Waals surface area contributed by atoms with Crippen LogP contribution in [0.15, 0.2) is 42.5 Å². The number of hydrogen-bond acceptors (Lipinski definition) is 3. The van der Waals surface area contributed by atoms with Gasteiger partial charge < -0.3 is 16.0 Å². The monoisotopic (exact) mass is 545 g/mol. The van der Waals surface area contributed by atoms with Crippen molar-refractivity contribution in [3.8, 4) is 0 Å². The molecule has 2 aliphatic rings. The predicted molar refractivity (Wildman–Crippen MR) is 123 cm³/mol. The summed E-state index contributed by atoms with van der Waals surface area (Å²) in [7, 11) is 0. The second kappa shape index (κ2) is 10.5. The van der Waals surface area contributed by atoms with E-state index in [9.17, 15) is 40.3 Å². The molecule has 4 rings (SSSR count). The largest absolute Gasteiger partial charge is 0.416 e. The van der Waals surface area contributed by atoms with Crippen molar-refractivity contribution in [2.45, 2.75) is 62.0 Å². The molecule has 0 aromatic heterocycles. The number of amides is 2. The predicted octanol–water partition coefficient (Wildman–Crippen LogP) is 4.49. The van der Waals surface area contributed by atoms with Crippen LogP contribution in [0.5, 0.6) is 0 Å². The van der Waals surface area contributed by atoms with Gasteiger partial charge in [0.15, 0.2) is 0 Å². The molecule has 0 bridgehead atoms. The topological polar surface area (TPSA) is 70.2 Å². The normalized spacial score (nSPS) is 19.9. The first-order valence-electron chi connectivity index (χ1n) is 12.1. The summed E-state index contributed by atoms with van der Waals surface area (Å²) in [6.07, 6.45) is -7.58. The molecule has 2 fully saturated rings. The molecule has 1 saturated carbocycles. The fourth-order valence-corrected chi connectivity index (χ4v) is 4.67. The Morgan fingerprint density at radius 3 is 2.13 bits per heavy atom. The van der Waals surface area contributed by atoms with Crippen LogP contribution in [0.4, 0.5) is 30.7 Å². The van der Waals surface area contributed by atoms with Crippen LogP contribution in [0.1, 0.15) is 47.9 Å². The lowest BCUT2D eigenvalue weighted by Crippen LogP contribution is -2.55. The number of benzene rings is 2. The van der Waals surface area contributed by atoms with Gasteiger partial charge in [0.05, 0.1) is 16.5 Å².